The maximum Gasteiger partial charge on any atom is 0.419 e. The number of hydrogen-bond acceptors (Lipinski definition) is 4. The molecule has 0 spiro atoms. The zero-order valence-corrected chi connectivity index (χ0v) is 13.3. The van der Waals surface area contributed by atoms with Crippen LogP contribution in [-0.4, -0.2) is 73.0 Å². The fraction of sp³-hybridized carbons (Fsp3) is 0.500. The molecule has 0 saturated carbocycles. The molecule has 1 aromatic carbocycles. The Hall–Kier alpha value is -1.97. The zero-order chi connectivity index (χ0) is 18.2. The van der Waals surface area contributed by atoms with E-state index in [1.54, 1.807) is 24.3 Å². The van der Waals surface area contributed by atoms with Gasteiger partial charge in [-0.25, -0.2) is 0 Å². The van der Waals surface area contributed by atoms with E-state index in [4.69, 9.17) is 4.74 Å². The maximum atomic E-state index is 12.5. The molecule has 1 fully saturated rings. The summed E-state index contributed by atoms with van der Waals surface area (Å²) in [5.74, 6) is -0.849. The lowest BCUT2D eigenvalue weighted by Gasteiger charge is -2.33. The van der Waals surface area contributed by atoms with Crippen LogP contribution >= 0.6 is 0 Å². The fourth-order valence-corrected chi connectivity index (χ4v) is 3.15. The van der Waals surface area contributed by atoms with Crippen LogP contribution in [0.15, 0.2) is 24.3 Å². The lowest BCUT2D eigenvalue weighted by Crippen LogP contribution is -3.16. The molecule has 1 saturated heterocycles. The smallest absolute Gasteiger partial charge is 0.379 e. The number of carbonyl (C=O) groups is 2. The van der Waals surface area contributed by atoms with Crippen molar-refractivity contribution in [2.75, 3.05) is 32.8 Å². The Morgan fingerprint density at radius 2 is 1.84 bits per heavy atom. The molecule has 2 aliphatic heterocycles. The van der Waals surface area contributed by atoms with Gasteiger partial charge in [0.25, 0.3) is 11.8 Å². The van der Waals surface area contributed by atoms with Gasteiger partial charge in [-0.2, -0.15) is 13.2 Å². The van der Waals surface area contributed by atoms with E-state index in [0.717, 1.165) is 4.90 Å². The van der Waals surface area contributed by atoms with Gasteiger partial charge in [-0.1, -0.05) is 12.1 Å². The molecule has 0 aliphatic carbocycles. The Morgan fingerprint density at radius 3 is 2.40 bits per heavy atom. The van der Waals surface area contributed by atoms with E-state index in [9.17, 15) is 27.9 Å². The molecule has 0 aromatic heterocycles. The number of nitrogens with one attached hydrogen (secondary N) is 1. The van der Waals surface area contributed by atoms with Crippen LogP contribution in [-0.2, 0) is 4.74 Å². The molecule has 136 valence electrons. The summed E-state index contributed by atoms with van der Waals surface area (Å²) in [6, 6.07) is 6.45. The first kappa shape index (κ1) is 17.8. The molecule has 2 heterocycles. The van der Waals surface area contributed by atoms with Gasteiger partial charge in [0.05, 0.1) is 24.3 Å². The van der Waals surface area contributed by atoms with E-state index >= 15 is 0 Å². The third-order valence-corrected chi connectivity index (χ3v) is 4.45. The molecule has 0 radical (unpaired) electrons. The Morgan fingerprint density at radius 1 is 1.24 bits per heavy atom. The van der Waals surface area contributed by atoms with Gasteiger partial charge in [0, 0.05) is 0 Å². The lowest BCUT2D eigenvalue weighted by molar-refractivity contribution is -0.916. The Bertz CT molecular complexity index is 645. The molecule has 1 aromatic rings. The number of nitrogens with zero attached hydrogens (tertiary/aromatic N) is 1. The first-order valence-electron chi connectivity index (χ1n) is 7.92. The van der Waals surface area contributed by atoms with Crippen molar-refractivity contribution in [2.24, 2.45) is 0 Å². The number of aliphatic hydroxyl groups is 1. The molecular formula is C16H18F3N2O4+. The summed E-state index contributed by atoms with van der Waals surface area (Å²) >= 11 is 0. The van der Waals surface area contributed by atoms with Crippen LogP contribution < -0.4 is 4.90 Å². The third-order valence-electron chi connectivity index (χ3n) is 4.45. The highest BCUT2D eigenvalue weighted by Gasteiger charge is 2.43. The largest absolute Gasteiger partial charge is 0.419 e. The van der Waals surface area contributed by atoms with Crippen molar-refractivity contribution in [1.29, 1.82) is 0 Å². The van der Waals surface area contributed by atoms with E-state index in [1.807, 2.05) is 0 Å². The van der Waals surface area contributed by atoms with Crippen LogP contribution in [0.3, 0.4) is 0 Å². The third kappa shape index (κ3) is 3.68. The number of rotatable bonds is 4. The van der Waals surface area contributed by atoms with E-state index in [-0.39, 0.29) is 19.7 Å². The van der Waals surface area contributed by atoms with E-state index in [2.05, 4.69) is 0 Å². The van der Waals surface area contributed by atoms with Crippen LogP contribution in [0.1, 0.15) is 20.7 Å². The number of benzene rings is 1. The maximum absolute atomic E-state index is 12.5. The van der Waals surface area contributed by atoms with Gasteiger partial charge in [-0.15, -0.1) is 0 Å². The predicted molar refractivity (Wildman–Crippen MR) is 79.2 cm³/mol. The van der Waals surface area contributed by atoms with Crippen molar-refractivity contribution in [3.05, 3.63) is 35.4 Å². The summed E-state index contributed by atoms with van der Waals surface area (Å²) in [6.45, 7) is 0.212. The van der Waals surface area contributed by atoms with Crippen molar-refractivity contribution in [1.82, 2.24) is 4.90 Å². The van der Waals surface area contributed by atoms with Crippen LogP contribution in [0, 0.1) is 0 Å². The number of fused-ring (bicyclic) bond motifs is 1. The fourth-order valence-electron chi connectivity index (χ4n) is 3.15. The summed E-state index contributed by atoms with van der Waals surface area (Å²) in [5, 5.41) is 9.21. The number of imide groups is 1. The van der Waals surface area contributed by atoms with Crippen LogP contribution in [0.4, 0.5) is 13.2 Å². The first-order valence-corrected chi connectivity index (χ1v) is 7.92. The number of hydrogen-bond donors (Lipinski definition) is 2. The summed E-state index contributed by atoms with van der Waals surface area (Å²) < 4.78 is 43.0. The van der Waals surface area contributed by atoms with Crippen molar-refractivity contribution < 1.29 is 37.5 Å². The van der Waals surface area contributed by atoms with Crippen LogP contribution in [0.2, 0.25) is 0 Å². The number of amides is 2. The van der Waals surface area contributed by atoms with Gasteiger partial charge in [-0.05, 0) is 12.1 Å². The Kier molecular flexibility index (Phi) is 4.81. The SMILES string of the molecule is O=C1c2ccccc2C(=O)N1C[C@H]1C[NH+](C[C@H](O)C(F)(F)F)CCO1. The van der Waals surface area contributed by atoms with Gasteiger partial charge in [-0.3, -0.25) is 14.5 Å². The Labute approximate surface area is 141 Å². The lowest BCUT2D eigenvalue weighted by atomic mass is 10.1. The van der Waals surface area contributed by atoms with Crippen molar-refractivity contribution in [3.63, 3.8) is 0 Å². The molecular weight excluding hydrogens is 341 g/mol. The molecule has 2 aliphatic rings. The second-order valence-corrected chi connectivity index (χ2v) is 6.22. The minimum Gasteiger partial charge on any atom is -0.379 e. The van der Waals surface area contributed by atoms with Crippen molar-refractivity contribution in [2.45, 2.75) is 18.4 Å². The number of aliphatic hydroxyl groups excluding tert-OH is 1. The molecule has 0 bridgehead atoms. The molecule has 6 nitrogen and oxygen atoms in total. The molecule has 2 amide bonds. The summed E-state index contributed by atoms with van der Waals surface area (Å²) in [7, 11) is 0. The molecule has 9 heteroatoms. The predicted octanol–water partition coefficient (Wildman–Crippen LogP) is -0.510. The molecule has 1 unspecified atom stereocenters. The Balaban J connectivity index is 1.62. The van der Waals surface area contributed by atoms with Gasteiger partial charge in [0.1, 0.15) is 25.7 Å². The van der Waals surface area contributed by atoms with Crippen molar-refractivity contribution in [3.8, 4) is 0 Å². The van der Waals surface area contributed by atoms with E-state index < -0.39 is 36.7 Å². The van der Waals surface area contributed by atoms with E-state index in [0.29, 0.717) is 22.6 Å². The average molecular weight is 359 g/mol. The van der Waals surface area contributed by atoms with Crippen LogP contribution in [0.25, 0.3) is 0 Å². The number of halogens is 3. The second kappa shape index (κ2) is 6.74. The number of quaternary nitrogens is 1. The highest BCUT2D eigenvalue weighted by molar-refractivity contribution is 6.21. The van der Waals surface area contributed by atoms with Crippen LogP contribution in [0.5, 0.6) is 0 Å². The molecule has 25 heavy (non-hydrogen) atoms. The zero-order valence-electron chi connectivity index (χ0n) is 13.3. The highest BCUT2D eigenvalue weighted by atomic mass is 19.4. The minimum absolute atomic E-state index is 0.0159. The van der Waals surface area contributed by atoms with Gasteiger partial charge in [0.15, 0.2) is 6.10 Å². The van der Waals surface area contributed by atoms with Gasteiger partial charge in [0.2, 0.25) is 0 Å². The second-order valence-electron chi connectivity index (χ2n) is 6.22. The quantitative estimate of drug-likeness (QED) is 0.711. The van der Waals surface area contributed by atoms with Gasteiger partial charge < -0.3 is 14.7 Å². The number of carbonyl (C=O) groups excluding carboxylic acids is 2. The first-order chi connectivity index (χ1) is 11.8. The topological polar surface area (TPSA) is 71.3 Å². The number of morpholine rings is 1. The van der Waals surface area contributed by atoms with E-state index in [1.165, 1.54) is 0 Å². The minimum atomic E-state index is -4.66. The standard InChI is InChI=1S/C16H17F3N2O4/c17-16(18,19)13(22)9-20-5-6-25-10(7-20)8-21-14(23)11-3-1-2-4-12(11)15(21)24/h1-4,10,13,22H,5-9H2/p+1/t10-,13+/m1/s1. The monoisotopic (exact) mass is 359 g/mol. The summed E-state index contributed by atoms with van der Waals surface area (Å²) in [4.78, 5) is 26.2. The molecule has 3 rings (SSSR count). The normalized spacial score (nSPS) is 25.2. The molecule has 3 atom stereocenters. The number of ether oxygens (including phenoxy) is 1. The average Bonchev–Trinajstić information content (AvgIpc) is 2.80. The summed E-state index contributed by atoms with van der Waals surface area (Å²) in [5.41, 5.74) is 0.639. The van der Waals surface area contributed by atoms with Gasteiger partial charge >= 0.3 is 6.18 Å². The summed E-state index contributed by atoms with van der Waals surface area (Å²) in [6.07, 6.45) is -7.63. The van der Waals surface area contributed by atoms with Crippen molar-refractivity contribution >= 4 is 11.8 Å². The highest BCUT2D eigenvalue weighted by Crippen LogP contribution is 2.23. The molecule has 2 N–H and O–H groups in total. The number of alkyl halides is 3.